The molecule has 0 rings (SSSR count). The zero-order valence-corrected chi connectivity index (χ0v) is 25.6. The molecule has 0 aliphatic heterocycles. The molecule has 3 unspecified atom stereocenters. The lowest BCUT2D eigenvalue weighted by atomic mass is 10.0. The van der Waals surface area contributed by atoms with Crippen molar-refractivity contribution in [3.05, 3.63) is 0 Å². The summed E-state index contributed by atoms with van der Waals surface area (Å²) in [6, 6.07) is -1.51. The van der Waals surface area contributed by atoms with Crippen LogP contribution in [0.5, 0.6) is 0 Å². The molecule has 0 spiro atoms. The first-order chi connectivity index (χ1) is 19.1. The first-order valence-corrected chi connectivity index (χ1v) is 16.6. The number of hydrogen-bond acceptors (Lipinski definition) is 9. The fourth-order valence-corrected chi connectivity index (χ4v) is 4.66. The molecule has 0 aromatic rings. The number of hydrogen-bond donors (Lipinski definition) is 3. The van der Waals surface area contributed by atoms with Gasteiger partial charge in [-0.15, -0.1) is 0 Å². The van der Waals surface area contributed by atoms with Crippen molar-refractivity contribution in [3.63, 3.8) is 0 Å². The van der Waals surface area contributed by atoms with Crippen LogP contribution >= 0.6 is 7.82 Å². The zero-order valence-electron chi connectivity index (χ0n) is 24.7. The lowest BCUT2D eigenvalue weighted by molar-refractivity contribution is -0.161. The van der Waals surface area contributed by atoms with Gasteiger partial charge in [0.15, 0.2) is 6.10 Å². The summed E-state index contributed by atoms with van der Waals surface area (Å²) >= 11 is 0. The van der Waals surface area contributed by atoms with Gasteiger partial charge >= 0.3 is 25.7 Å². The fraction of sp³-hybridized carbons (Fsp3) is 0.893. The van der Waals surface area contributed by atoms with E-state index < -0.39 is 51.1 Å². The van der Waals surface area contributed by atoms with Crippen LogP contribution < -0.4 is 5.73 Å². The van der Waals surface area contributed by atoms with Crippen LogP contribution in [0.4, 0.5) is 0 Å². The molecule has 0 bridgehead atoms. The number of ether oxygens (including phenoxy) is 2. The van der Waals surface area contributed by atoms with Crippen LogP contribution in [-0.2, 0) is 37.5 Å². The molecule has 0 heterocycles. The van der Waals surface area contributed by atoms with Crippen LogP contribution in [0.25, 0.3) is 0 Å². The number of carboxylic acids is 1. The van der Waals surface area contributed by atoms with Crippen molar-refractivity contribution in [1.82, 2.24) is 0 Å². The highest BCUT2D eigenvalue weighted by atomic mass is 31.2. The number of nitrogens with two attached hydrogens (primary N) is 1. The summed E-state index contributed by atoms with van der Waals surface area (Å²) in [5.74, 6) is -2.40. The number of carbonyl (C=O) groups is 3. The Morgan fingerprint density at radius 3 is 1.60 bits per heavy atom. The Bertz CT molecular complexity index is 721. The highest BCUT2D eigenvalue weighted by Gasteiger charge is 2.28. The molecule has 0 aromatic carbocycles. The molecule has 11 nitrogen and oxygen atoms in total. The van der Waals surface area contributed by atoms with Gasteiger partial charge < -0.3 is 25.2 Å². The SMILES string of the molecule is CCCCCCCCCCCCCCC(=O)OC(COC(=O)CCCCCC)COP(=O)(O)OCC(N)C(=O)O. The van der Waals surface area contributed by atoms with Gasteiger partial charge in [0.25, 0.3) is 0 Å². The van der Waals surface area contributed by atoms with Gasteiger partial charge in [-0.05, 0) is 12.8 Å². The van der Waals surface area contributed by atoms with Crippen molar-refractivity contribution in [1.29, 1.82) is 0 Å². The van der Waals surface area contributed by atoms with Crippen molar-refractivity contribution >= 4 is 25.7 Å². The second-order valence-electron chi connectivity index (χ2n) is 10.2. The third-order valence-corrected chi connectivity index (χ3v) is 7.31. The standard InChI is InChI=1S/C28H54NO10P/c1-3-5-7-9-10-11-12-13-14-15-16-18-20-27(31)39-24(21-36-26(30)19-17-8-6-4-2)22-37-40(34,35)38-23-25(29)28(32)33/h24-25H,3-23,29H2,1-2H3,(H,32,33)(H,34,35). The first-order valence-electron chi connectivity index (χ1n) is 15.1. The predicted molar refractivity (Wildman–Crippen MR) is 153 cm³/mol. The number of unbranched alkanes of at least 4 members (excludes halogenated alkanes) is 14. The molecule has 0 saturated heterocycles. The van der Waals surface area contributed by atoms with E-state index in [1.54, 1.807) is 0 Å². The second-order valence-corrected chi connectivity index (χ2v) is 11.7. The third-order valence-electron chi connectivity index (χ3n) is 6.36. The van der Waals surface area contributed by atoms with Crippen LogP contribution in [0, 0.1) is 0 Å². The van der Waals surface area contributed by atoms with Gasteiger partial charge in [-0.1, -0.05) is 104 Å². The van der Waals surface area contributed by atoms with Gasteiger partial charge in [0.05, 0.1) is 13.2 Å². The molecule has 40 heavy (non-hydrogen) atoms. The quantitative estimate of drug-likeness (QED) is 0.0546. The van der Waals surface area contributed by atoms with E-state index in [9.17, 15) is 23.8 Å². The van der Waals surface area contributed by atoms with Gasteiger partial charge in [0.1, 0.15) is 12.6 Å². The Labute approximate surface area is 240 Å². The number of rotatable bonds is 28. The number of phosphoric ester groups is 1. The molecular weight excluding hydrogens is 541 g/mol. The van der Waals surface area contributed by atoms with Crippen molar-refractivity contribution < 1.29 is 47.5 Å². The molecule has 0 aromatic heterocycles. The third kappa shape index (κ3) is 24.3. The van der Waals surface area contributed by atoms with Gasteiger partial charge in [-0.3, -0.25) is 23.4 Å². The van der Waals surface area contributed by atoms with Crippen LogP contribution in [0.1, 0.15) is 129 Å². The van der Waals surface area contributed by atoms with Crippen molar-refractivity contribution in [2.45, 2.75) is 142 Å². The predicted octanol–water partition coefficient (Wildman–Crippen LogP) is 6.05. The second kappa shape index (κ2) is 25.2. The molecule has 3 atom stereocenters. The smallest absolute Gasteiger partial charge is 0.472 e. The highest BCUT2D eigenvalue weighted by Crippen LogP contribution is 2.43. The highest BCUT2D eigenvalue weighted by molar-refractivity contribution is 7.47. The Morgan fingerprint density at radius 1 is 0.675 bits per heavy atom. The summed E-state index contributed by atoms with van der Waals surface area (Å²) in [6.45, 7) is 2.61. The number of esters is 2. The maximum Gasteiger partial charge on any atom is 0.472 e. The molecule has 0 amide bonds. The minimum absolute atomic E-state index is 0.166. The average Bonchev–Trinajstić information content (AvgIpc) is 2.91. The minimum Gasteiger partial charge on any atom is -0.480 e. The van der Waals surface area contributed by atoms with Crippen LogP contribution in [0.2, 0.25) is 0 Å². The maximum atomic E-state index is 12.4. The molecule has 0 saturated carbocycles. The summed E-state index contributed by atoms with van der Waals surface area (Å²) in [5, 5.41) is 8.77. The number of carbonyl (C=O) groups excluding carboxylic acids is 2. The van der Waals surface area contributed by atoms with Gasteiger partial charge in [-0.25, -0.2) is 4.57 Å². The normalized spacial score (nSPS) is 14.3. The lowest BCUT2D eigenvalue weighted by Gasteiger charge is -2.20. The minimum atomic E-state index is -4.68. The first kappa shape index (κ1) is 38.5. The van der Waals surface area contributed by atoms with Gasteiger partial charge in [0.2, 0.25) is 0 Å². The lowest BCUT2D eigenvalue weighted by Crippen LogP contribution is -2.34. The molecule has 0 radical (unpaired) electrons. The average molecular weight is 596 g/mol. The molecule has 236 valence electrons. The Hall–Kier alpha value is -1.52. The van der Waals surface area contributed by atoms with E-state index in [1.165, 1.54) is 51.4 Å². The molecule has 4 N–H and O–H groups in total. The largest absolute Gasteiger partial charge is 0.480 e. The number of aliphatic carboxylic acids is 1. The monoisotopic (exact) mass is 595 g/mol. The zero-order chi connectivity index (χ0) is 30.1. The van der Waals surface area contributed by atoms with Crippen LogP contribution in [0.3, 0.4) is 0 Å². The van der Waals surface area contributed by atoms with E-state index in [4.69, 9.17) is 24.8 Å². The Kier molecular flexibility index (Phi) is 24.3. The van der Waals surface area contributed by atoms with Crippen molar-refractivity contribution in [3.8, 4) is 0 Å². The number of carboxylic acid groups (broad SMARTS) is 1. The van der Waals surface area contributed by atoms with Gasteiger partial charge in [-0.2, -0.15) is 0 Å². The van der Waals surface area contributed by atoms with E-state index in [2.05, 4.69) is 18.4 Å². The molecule has 0 fully saturated rings. The van der Waals surface area contributed by atoms with Crippen LogP contribution in [-0.4, -0.2) is 59.9 Å². The molecule has 0 aliphatic carbocycles. The van der Waals surface area contributed by atoms with E-state index in [1.807, 2.05) is 0 Å². The van der Waals surface area contributed by atoms with E-state index in [-0.39, 0.29) is 19.4 Å². The Morgan fingerprint density at radius 2 is 1.10 bits per heavy atom. The molecule has 0 aliphatic rings. The fourth-order valence-electron chi connectivity index (χ4n) is 3.89. The van der Waals surface area contributed by atoms with Gasteiger partial charge in [0, 0.05) is 12.8 Å². The van der Waals surface area contributed by atoms with E-state index in [0.717, 1.165) is 38.5 Å². The molecule has 12 heteroatoms. The summed E-state index contributed by atoms with van der Waals surface area (Å²) in [4.78, 5) is 45.0. The summed E-state index contributed by atoms with van der Waals surface area (Å²) in [7, 11) is -4.68. The van der Waals surface area contributed by atoms with E-state index >= 15 is 0 Å². The maximum absolute atomic E-state index is 12.4. The van der Waals surface area contributed by atoms with Crippen LogP contribution in [0.15, 0.2) is 0 Å². The summed E-state index contributed by atoms with van der Waals surface area (Å²) in [6.07, 6.45) is 16.8. The summed E-state index contributed by atoms with van der Waals surface area (Å²) < 4.78 is 32.1. The molecular formula is C28H54NO10P. The topological polar surface area (TPSA) is 172 Å². The summed E-state index contributed by atoms with van der Waals surface area (Å²) in [5.41, 5.74) is 5.26. The van der Waals surface area contributed by atoms with Crippen molar-refractivity contribution in [2.75, 3.05) is 19.8 Å². The van der Waals surface area contributed by atoms with E-state index in [0.29, 0.717) is 12.8 Å². The Balaban J connectivity index is 4.45. The van der Waals surface area contributed by atoms with Crippen molar-refractivity contribution in [2.24, 2.45) is 5.73 Å². The number of phosphoric acid groups is 1.